The van der Waals surface area contributed by atoms with Crippen molar-refractivity contribution in [1.82, 2.24) is 0 Å². The molecule has 0 atom stereocenters. The van der Waals surface area contributed by atoms with E-state index in [0.29, 0.717) is 6.61 Å². The van der Waals surface area contributed by atoms with Crippen molar-refractivity contribution < 1.29 is 4.74 Å². The lowest BCUT2D eigenvalue weighted by atomic mass is 9.93. The minimum atomic E-state index is 0.648. The van der Waals surface area contributed by atoms with Crippen LogP contribution in [0.15, 0.2) is 54.6 Å². The largest absolute Gasteiger partial charge is 0.488 e. The second-order valence-electron chi connectivity index (χ2n) is 6.03. The summed E-state index contributed by atoms with van der Waals surface area (Å²) >= 11 is 0. The molecule has 1 nitrogen and oxygen atoms in total. The Morgan fingerprint density at radius 3 is 2.52 bits per heavy atom. The van der Waals surface area contributed by atoms with E-state index in [2.05, 4.69) is 62.4 Å². The number of allylic oxidation sites excluding steroid dienone is 1. The lowest BCUT2D eigenvalue weighted by Crippen LogP contribution is -1.94. The number of benzene rings is 2. The second kappa shape index (κ2) is 6.17. The van der Waals surface area contributed by atoms with Crippen LogP contribution < -0.4 is 4.74 Å². The van der Waals surface area contributed by atoms with Gasteiger partial charge in [-0.15, -0.1) is 0 Å². The molecular weight excluding hydrogens is 256 g/mol. The molecular formula is C20H22O. The summed E-state index contributed by atoms with van der Waals surface area (Å²) in [7, 11) is 0. The fourth-order valence-corrected chi connectivity index (χ4v) is 2.81. The van der Waals surface area contributed by atoms with Crippen LogP contribution in [0.2, 0.25) is 0 Å². The van der Waals surface area contributed by atoms with Crippen LogP contribution in [-0.4, -0.2) is 0 Å². The Morgan fingerprint density at radius 1 is 1.00 bits per heavy atom. The molecule has 1 heterocycles. The average molecular weight is 278 g/mol. The van der Waals surface area contributed by atoms with Crippen molar-refractivity contribution in [3.05, 3.63) is 71.3 Å². The number of para-hydroxylation sites is 1. The van der Waals surface area contributed by atoms with E-state index < -0.39 is 0 Å². The highest BCUT2D eigenvalue weighted by atomic mass is 16.5. The maximum atomic E-state index is 5.99. The van der Waals surface area contributed by atoms with Crippen LogP contribution in [0.4, 0.5) is 0 Å². The van der Waals surface area contributed by atoms with Crippen molar-refractivity contribution in [3.8, 4) is 5.75 Å². The fraction of sp³-hybridized carbons (Fsp3) is 0.300. The van der Waals surface area contributed by atoms with E-state index in [9.17, 15) is 0 Å². The zero-order valence-electron chi connectivity index (χ0n) is 12.8. The third-order valence-corrected chi connectivity index (χ3v) is 3.96. The highest BCUT2D eigenvalue weighted by Gasteiger charge is 2.17. The van der Waals surface area contributed by atoms with Gasteiger partial charge in [-0.2, -0.15) is 0 Å². The maximum absolute atomic E-state index is 5.99. The molecule has 1 aliphatic rings. The molecule has 21 heavy (non-hydrogen) atoms. The summed E-state index contributed by atoms with van der Waals surface area (Å²) in [5, 5.41) is 0. The van der Waals surface area contributed by atoms with E-state index in [4.69, 9.17) is 4.74 Å². The summed E-state index contributed by atoms with van der Waals surface area (Å²) in [6.45, 7) is 5.20. The molecule has 0 radical (unpaired) electrons. The van der Waals surface area contributed by atoms with Crippen LogP contribution in [0.1, 0.15) is 43.4 Å². The van der Waals surface area contributed by atoms with E-state index >= 15 is 0 Å². The lowest BCUT2D eigenvalue weighted by Gasteiger charge is -2.11. The van der Waals surface area contributed by atoms with Gasteiger partial charge in [0.2, 0.25) is 0 Å². The summed E-state index contributed by atoms with van der Waals surface area (Å²) in [5.74, 6) is 1.72. The van der Waals surface area contributed by atoms with Crippen LogP contribution in [0.3, 0.4) is 0 Å². The molecule has 0 saturated carbocycles. The molecule has 0 N–H and O–H groups in total. The van der Waals surface area contributed by atoms with Gasteiger partial charge in [0.15, 0.2) is 0 Å². The third kappa shape index (κ3) is 3.02. The minimum Gasteiger partial charge on any atom is -0.488 e. The molecule has 0 fully saturated rings. The number of hydrogen-bond acceptors (Lipinski definition) is 1. The van der Waals surface area contributed by atoms with Crippen LogP contribution in [0.25, 0.3) is 5.57 Å². The molecule has 0 unspecified atom stereocenters. The number of rotatable bonds is 3. The molecule has 1 aliphatic heterocycles. The van der Waals surface area contributed by atoms with Gasteiger partial charge < -0.3 is 4.74 Å². The van der Waals surface area contributed by atoms with Gasteiger partial charge in [-0.25, -0.2) is 0 Å². The summed E-state index contributed by atoms with van der Waals surface area (Å²) in [6.07, 6.45) is 4.71. The Morgan fingerprint density at radius 2 is 1.71 bits per heavy atom. The van der Waals surface area contributed by atoms with E-state index in [0.717, 1.165) is 18.1 Å². The monoisotopic (exact) mass is 278 g/mol. The van der Waals surface area contributed by atoms with Crippen molar-refractivity contribution >= 4 is 5.57 Å². The average Bonchev–Trinajstić information content (AvgIpc) is 2.65. The van der Waals surface area contributed by atoms with E-state index in [-0.39, 0.29) is 0 Å². The highest BCUT2D eigenvalue weighted by Crippen LogP contribution is 2.36. The maximum Gasteiger partial charge on any atom is 0.127 e. The molecule has 0 aliphatic carbocycles. The molecule has 0 bridgehead atoms. The molecule has 1 heteroatoms. The first-order chi connectivity index (χ1) is 10.3. The molecule has 2 aromatic carbocycles. The zero-order valence-corrected chi connectivity index (χ0v) is 12.8. The topological polar surface area (TPSA) is 9.23 Å². The van der Waals surface area contributed by atoms with Crippen molar-refractivity contribution in [1.29, 1.82) is 0 Å². The van der Waals surface area contributed by atoms with Crippen molar-refractivity contribution in [2.24, 2.45) is 5.92 Å². The van der Waals surface area contributed by atoms with Crippen molar-refractivity contribution in [2.75, 3.05) is 0 Å². The molecule has 0 amide bonds. The van der Waals surface area contributed by atoms with Gasteiger partial charge in [0, 0.05) is 5.56 Å². The SMILES string of the molecule is CC(C)CC/C=C1/c2ccccc2COc2ccccc21. The molecule has 0 aromatic heterocycles. The quantitative estimate of drug-likeness (QED) is 0.725. The van der Waals surface area contributed by atoms with Gasteiger partial charge in [0.25, 0.3) is 0 Å². The standard InChI is InChI=1S/C20H22O/c1-15(2)8-7-12-18-17-10-4-3-9-16(17)14-21-20-13-6-5-11-19(18)20/h3-6,9-13,15H,7-8,14H2,1-2H3/b18-12-. The Hall–Kier alpha value is -2.02. The predicted octanol–water partition coefficient (Wildman–Crippen LogP) is 5.45. The molecule has 0 spiro atoms. The van der Waals surface area contributed by atoms with Crippen LogP contribution in [-0.2, 0) is 6.61 Å². The van der Waals surface area contributed by atoms with E-state index in [1.54, 1.807) is 0 Å². The third-order valence-electron chi connectivity index (χ3n) is 3.96. The normalized spacial score (nSPS) is 15.3. The van der Waals surface area contributed by atoms with Gasteiger partial charge in [0.1, 0.15) is 12.4 Å². The summed E-state index contributed by atoms with van der Waals surface area (Å²) < 4.78 is 5.99. The Balaban J connectivity index is 2.07. The van der Waals surface area contributed by atoms with Crippen LogP contribution in [0.5, 0.6) is 5.75 Å². The van der Waals surface area contributed by atoms with Gasteiger partial charge in [-0.05, 0) is 41.5 Å². The summed E-state index contributed by atoms with van der Waals surface area (Å²) in [5.41, 5.74) is 5.11. The zero-order chi connectivity index (χ0) is 14.7. The first-order valence-corrected chi connectivity index (χ1v) is 7.76. The molecule has 0 saturated heterocycles. The summed E-state index contributed by atoms with van der Waals surface area (Å²) in [6, 6.07) is 16.9. The number of ether oxygens (including phenoxy) is 1. The Labute approximate surface area is 127 Å². The first-order valence-electron chi connectivity index (χ1n) is 7.76. The van der Waals surface area contributed by atoms with E-state index in [1.807, 2.05) is 6.07 Å². The summed E-state index contributed by atoms with van der Waals surface area (Å²) in [4.78, 5) is 0. The highest BCUT2D eigenvalue weighted by molar-refractivity contribution is 5.84. The Kier molecular flexibility index (Phi) is 4.10. The van der Waals surface area contributed by atoms with Gasteiger partial charge >= 0.3 is 0 Å². The first kappa shape index (κ1) is 13.9. The van der Waals surface area contributed by atoms with Gasteiger partial charge in [-0.3, -0.25) is 0 Å². The van der Waals surface area contributed by atoms with E-state index in [1.165, 1.54) is 28.7 Å². The number of hydrogen-bond donors (Lipinski definition) is 0. The minimum absolute atomic E-state index is 0.648. The smallest absolute Gasteiger partial charge is 0.127 e. The molecule has 108 valence electrons. The van der Waals surface area contributed by atoms with Crippen molar-refractivity contribution in [2.45, 2.75) is 33.3 Å². The second-order valence-corrected chi connectivity index (χ2v) is 6.03. The van der Waals surface area contributed by atoms with Gasteiger partial charge in [-0.1, -0.05) is 62.4 Å². The van der Waals surface area contributed by atoms with Crippen LogP contribution in [0, 0.1) is 5.92 Å². The number of fused-ring (bicyclic) bond motifs is 2. The lowest BCUT2D eigenvalue weighted by molar-refractivity contribution is 0.307. The predicted molar refractivity (Wildman–Crippen MR) is 88.4 cm³/mol. The van der Waals surface area contributed by atoms with Gasteiger partial charge in [0.05, 0.1) is 0 Å². The molecule has 3 rings (SSSR count). The Bertz CT molecular complexity index is 603. The fourth-order valence-electron chi connectivity index (χ4n) is 2.81. The van der Waals surface area contributed by atoms with Crippen molar-refractivity contribution in [3.63, 3.8) is 0 Å². The molecule has 2 aromatic rings. The van der Waals surface area contributed by atoms with Crippen LogP contribution >= 0.6 is 0 Å².